The molecule has 5 nitrogen and oxygen atoms in total. The molecule has 0 radical (unpaired) electrons. The van der Waals surface area contributed by atoms with Crippen LogP contribution >= 0.6 is 0 Å². The number of pyridine rings is 1. The normalized spacial score (nSPS) is 13.0. The molecule has 5 aromatic carbocycles. The van der Waals surface area contributed by atoms with Gasteiger partial charge in [-0.05, 0) is 79.9 Å². The van der Waals surface area contributed by atoms with Crippen molar-refractivity contribution in [3.05, 3.63) is 193 Å². The number of fused-ring (bicyclic) bond motifs is 3. The van der Waals surface area contributed by atoms with Gasteiger partial charge in [-0.25, -0.2) is 15.0 Å². The molecule has 0 spiro atoms. The van der Waals surface area contributed by atoms with Gasteiger partial charge < -0.3 is 0 Å². The van der Waals surface area contributed by atoms with Crippen molar-refractivity contribution in [3.8, 4) is 56.2 Å². The van der Waals surface area contributed by atoms with Crippen molar-refractivity contribution in [1.29, 1.82) is 0 Å². The van der Waals surface area contributed by atoms with Crippen LogP contribution in [0.4, 0.5) is 0 Å². The molecule has 0 aliphatic heterocycles. The molecule has 3 aromatic heterocycles. The fraction of sp³-hybridized carbons (Fsp3) is 0.0851. The Morgan fingerprint density at radius 2 is 1.06 bits per heavy atom. The lowest BCUT2D eigenvalue weighted by Crippen LogP contribution is -2.39. The lowest BCUT2D eigenvalue weighted by Gasteiger charge is -2.35. The van der Waals surface area contributed by atoms with E-state index in [9.17, 15) is 0 Å². The van der Waals surface area contributed by atoms with Gasteiger partial charge >= 0.3 is 0 Å². The molecule has 254 valence electrons. The van der Waals surface area contributed by atoms with Crippen LogP contribution in [0.15, 0.2) is 171 Å². The molecule has 0 saturated heterocycles. The lowest BCUT2D eigenvalue weighted by atomic mass is 9.67. The van der Waals surface area contributed by atoms with Gasteiger partial charge in [0, 0.05) is 18.6 Å². The van der Waals surface area contributed by atoms with Crippen molar-refractivity contribution in [1.82, 2.24) is 24.9 Å². The smallest absolute Gasteiger partial charge is 0.116 e. The van der Waals surface area contributed by atoms with Gasteiger partial charge in [0.15, 0.2) is 0 Å². The summed E-state index contributed by atoms with van der Waals surface area (Å²) in [4.78, 5) is 22.3. The third kappa shape index (κ3) is 5.68. The average molecular weight is 700 g/mol. The first-order valence-corrected chi connectivity index (χ1v) is 21.5. The quantitative estimate of drug-likeness (QED) is 0.155. The van der Waals surface area contributed by atoms with E-state index >= 15 is 0 Å². The molecule has 3 heterocycles. The summed E-state index contributed by atoms with van der Waals surface area (Å²) >= 11 is 0. The maximum atomic E-state index is 4.91. The fourth-order valence-electron chi connectivity index (χ4n) is 7.82. The molecule has 0 unspecified atom stereocenters. The zero-order valence-corrected chi connectivity index (χ0v) is 30.9. The highest BCUT2D eigenvalue weighted by molar-refractivity contribution is 6.88. The summed E-state index contributed by atoms with van der Waals surface area (Å²) in [6, 6.07) is 51.3. The molecule has 0 fully saturated rings. The van der Waals surface area contributed by atoms with Gasteiger partial charge in [-0.3, -0.25) is 9.97 Å². The summed E-state index contributed by atoms with van der Waals surface area (Å²) in [5.74, 6) is 0. The van der Waals surface area contributed by atoms with Crippen LogP contribution in [0.1, 0.15) is 22.3 Å². The van der Waals surface area contributed by atoms with Crippen LogP contribution < -0.4 is 5.19 Å². The zero-order chi connectivity index (χ0) is 36.0. The first kappa shape index (κ1) is 32.5. The van der Waals surface area contributed by atoms with E-state index in [1.54, 1.807) is 31.1 Å². The van der Waals surface area contributed by atoms with Crippen molar-refractivity contribution in [2.45, 2.75) is 25.1 Å². The molecular formula is C47H37N5Si. The minimum Gasteiger partial charge on any atom is -0.261 e. The number of aromatic nitrogens is 5. The van der Waals surface area contributed by atoms with E-state index in [-0.39, 0.29) is 0 Å². The van der Waals surface area contributed by atoms with E-state index in [0.717, 1.165) is 33.8 Å². The van der Waals surface area contributed by atoms with Gasteiger partial charge in [0.1, 0.15) is 12.0 Å². The molecule has 1 aliphatic rings. The number of hydrogen-bond acceptors (Lipinski definition) is 5. The summed E-state index contributed by atoms with van der Waals surface area (Å²) < 4.78 is 0. The first-order chi connectivity index (χ1) is 25.9. The molecule has 9 rings (SSSR count). The number of nitrogens with zero attached hydrogens (tertiary/aromatic N) is 5. The molecule has 0 N–H and O–H groups in total. The summed E-state index contributed by atoms with van der Waals surface area (Å²) in [7, 11) is -1.60. The highest BCUT2D eigenvalue weighted by atomic mass is 28.3. The highest BCUT2D eigenvalue weighted by Crippen LogP contribution is 2.56. The molecule has 0 atom stereocenters. The maximum absolute atomic E-state index is 4.91. The Hall–Kier alpha value is -6.37. The standard InChI is InChI=1S/C47H37N5Si/c1-53(2,3)38-19-21-40-39-20-18-34(26-41(39)47(42(40)29-38,36-10-6-4-7-11-36)37-12-8-5-9-13-37)32-14-16-33(17-15-32)35-27-44(43-22-23-49-31-51-43)52-45(28-35)46-30-48-24-25-50-46/h4-31H,1-3H3. The summed E-state index contributed by atoms with van der Waals surface area (Å²) in [6.07, 6.45) is 8.38. The fourth-order valence-corrected chi connectivity index (χ4v) is 8.98. The molecule has 0 amide bonds. The van der Waals surface area contributed by atoms with Gasteiger partial charge in [0.2, 0.25) is 0 Å². The molecule has 1 aliphatic carbocycles. The predicted octanol–water partition coefficient (Wildman–Crippen LogP) is 10.2. The molecule has 0 bridgehead atoms. The SMILES string of the molecule is C[Si](C)(C)c1ccc2c(c1)C(c1ccccc1)(c1ccccc1)c1cc(-c3ccc(-c4cc(-c5ccncn5)nc(-c5cnccn5)c4)cc3)ccc1-2. The van der Waals surface area contributed by atoms with Crippen LogP contribution in [0.2, 0.25) is 19.6 Å². The van der Waals surface area contributed by atoms with E-state index in [2.05, 4.69) is 173 Å². The third-order valence-electron chi connectivity index (χ3n) is 10.5. The minimum absolute atomic E-state index is 0.454. The molecular weight excluding hydrogens is 663 g/mol. The second-order valence-electron chi connectivity index (χ2n) is 14.6. The Labute approximate surface area is 311 Å². The van der Waals surface area contributed by atoms with Gasteiger partial charge in [-0.15, -0.1) is 0 Å². The Bertz CT molecular complexity index is 2470. The summed E-state index contributed by atoms with van der Waals surface area (Å²) in [5, 5.41) is 1.47. The largest absolute Gasteiger partial charge is 0.261 e. The summed E-state index contributed by atoms with van der Waals surface area (Å²) in [5.41, 5.74) is 14.8. The van der Waals surface area contributed by atoms with Crippen LogP contribution in [0.5, 0.6) is 0 Å². The predicted molar refractivity (Wildman–Crippen MR) is 217 cm³/mol. The van der Waals surface area contributed by atoms with Crippen molar-refractivity contribution >= 4 is 13.3 Å². The van der Waals surface area contributed by atoms with Gasteiger partial charge in [-0.1, -0.05) is 140 Å². The lowest BCUT2D eigenvalue weighted by molar-refractivity contribution is 0.769. The third-order valence-corrected chi connectivity index (χ3v) is 12.5. The molecule has 0 saturated carbocycles. The minimum atomic E-state index is -1.60. The van der Waals surface area contributed by atoms with Gasteiger partial charge in [-0.2, -0.15) is 0 Å². The van der Waals surface area contributed by atoms with Crippen molar-refractivity contribution < 1.29 is 0 Å². The Kier molecular flexibility index (Phi) is 7.97. The van der Waals surface area contributed by atoms with Gasteiger partial charge in [0.25, 0.3) is 0 Å². The Balaban J connectivity index is 1.19. The Morgan fingerprint density at radius 1 is 0.453 bits per heavy atom. The van der Waals surface area contributed by atoms with Crippen LogP contribution in [0.3, 0.4) is 0 Å². The number of rotatable bonds is 7. The maximum Gasteiger partial charge on any atom is 0.116 e. The molecule has 53 heavy (non-hydrogen) atoms. The molecule has 8 aromatic rings. The highest BCUT2D eigenvalue weighted by Gasteiger charge is 2.46. The Morgan fingerprint density at radius 3 is 1.66 bits per heavy atom. The number of benzene rings is 5. The monoisotopic (exact) mass is 699 g/mol. The number of hydrogen-bond donors (Lipinski definition) is 0. The first-order valence-electron chi connectivity index (χ1n) is 18.0. The van der Waals surface area contributed by atoms with E-state index < -0.39 is 13.5 Å². The average Bonchev–Trinajstić information content (AvgIpc) is 3.51. The molecule has 6 heteroatoms. The second kappa shape index (κ2) is 13.0. The summed E-state index contributed by atoms with van der Waals surface area (Å²) in [6.45, 7) is 7.31. The second-order valence-corrected chi connectivity index (χ2v) is 19.7. The van der Waals surface area contributed by atoms with Crippen molar-refractivity contribution in [2.75, 3.05) is 0 Å². The van der Waals surface area contributed by atoms with E-state index in [4.69, 9.17) is 4.98 Å². The van der Waals surface area contributed by atoms with Crippen molar-refractivity contribution in [3.63, 3.8) is 0 Å². The van der Waals surface area contributed by atoms with Crippen molar-refractivity contribution in [2.24, 2.45) is 0 Å². The van der Waals surface area contributed by atoms with Crippen LogP contribution in [0, 0.1) is 0 Å². The topological polar surface area (TPSA) is 64.5 Å². The van der Waals surface area contributed by atoms with E-state index in [1.165, 1.54) is 44.1 Å². The van der Waals surface area contributed by atoms with Gasteiger partial charge in [0.05, 0.1) is 36.8 Å². The zero-order valence-electron chi connectivity index (χ0n) is 29.9. The van der Waals surface area contributed by atoms with E-state index in [0.29, 0.717) is 5.69 Å². The van der Waals surface area contributed by atoms with E-state index in [1.807, 2.05) is 6.07 Å². The van der Waals surface area contributed by atoms with Crippen LogP contribution in [0.25, 0.3) is 56.2 Å². The van der Waals surface area contributed by atoms with Crippen LogP contribution in [-0.2, 0) is 5.41 Å². The van der Waals surface area contributed by atoms with Crippen LogP contribution in [-0.4, -0.2) is 33.0 Å².